The number of halogens is 1. The molecule has 2 aromatic rings. The molecule has 1 atom stereocenters. The zero-order valence-electron chi connectivity index (χ0n) is 11.2. The molecule has 4 nitrogen and oxygen atoms in total. The van der Waals surface area contributed by atoms with Gasteiger partial charge in [0.2, 0.25) is 0 Å². The molecule has 3 N–H and O–H groups in total. The van der Waals surface area contributed by atoms with Crippen LogP contribution in [-0.2, 0) is 13.5 Å². The fourth-order valence-electron chi connectivity index (χ4n) is 2.13. The summed E-state index contributed by atoms with van der Waals surface area (Å²) in [5.41, 5.74) is 9.24. The number of nitrogens with zero attached hydrogens (tertiary/aromatic N) is 2. The number of nitrogens with one attached hydrogen (secondary N) is 1. The largest absolute Gasteiger partial charge is 0.377 e. The van der Waals surface area contributed by atoms with E-state index in [9.17, 15) is 0 Å². The molecule has 0 spiro atoms. The molecule has 0 saturated carbocycles. The number of anilines is 1. The van der Waals surface area contributed by atoms with E-state index in [0.29, 0.717) is 6.54 Å². The summed E-state index contributed by atoms with van der Waals surface area (Å²) in [6.07, 6.45) is 2.96. The smallest absolute Gasteiger partial charge is 0.0674 e. The second-order valence-corrected chi connectivity index (χ2v) is 5.41. The van der Waals surface area contributed by atoms with Crippen molar-refractivity contribution in [3.05, 3.63) is 46.2 Å². The van der Waals surface area contributed by atoms with Crippen LogP contribution in [0.25, 0.3) is 0 Å². The minimum absolute atomic E-state index is 0.0878. The standard InChI is InChI=1S/C14H19BrN4/c1-3-13-12(9-19(2)18-13)14(8-16)17-11-6-4-10(15)5-7-11/h4-7,9,14,17H,3,8,16H2,1-2H3. The zero-order valence-corrected chi connectivity index (χ0v) is 12.8. The van der Waals surface area contributed by atoms with E-state index < -0.39 is 0 Å². The van der Waals surface area contributed by atoms with Crippen molar-refractivity contribution in [2.24, 2.45) is 12.8 Å². The third kappa shape index (κ3) is 3.36. The maximum absolute atomic E-state index is 5.91. The molecule has 0 aliphatic rings. The van der Waals surface area contributed by atoms with Gasteiger partial charge in [-0.2, -0.15) is 5.10 Å². The van der Waals surface area contributed by atoms with Gasteiger partial charge in [-0.15, -0.1) is 0 Å². The lowest BCUT2D eigenvalue weighted by atomic mass is 10.1. The zero-order chi connectivity index (χ0) is 13.8. The number of hydrogen-bond acceptors (Lipinski definition) is 3. The molecule has 0 aliphatic heterocycles. The van der Waals surface area contributed by atoms with E-state index in [1.807, 2.05) is 42.2 Å². The van der Waals surface area contributed by atoms with Crippen LogP contribution < -0.4 is 11.1 Å². The molecule has 0 radical (unpaired) electrons. The molecular formula is C14H19BrN4. The molecule has 1 heterocycles. The predicted molar refractivity (Wildman–Crippen MR) is 82.1 cm³/mol. The average molecular weight is 323 g/mol. The van der Waals surface area contributed by atoms with Crippen molar-refractivity contribution < 1.29 is 0 Å². The SMILES string of the molecule is CCc1nn(C)cc1C(CN)Nc1ccc(Br)cc1. The van der Waals surface area contributed by atoms with E-state index in [1.54, 1.807) is 0 Å². The van der Waals surface area contributed by atoms with Gasteiger partial charge in [0, 0.05) is 35.5 Å². The van der Waals surface area contributed by atoms with Gasteiger partial charge in [0.25, 0.3) is 0 Å². The normalized spacial score (nSPS) is 12.4. The minimum atomic E-state index is 0.0878. The summed E-state index contributed by atoms with van der Waals surface area (Å²) < 4.78 is 2.91. The highest BCUT2D eigenvalue weighted by Gasteiger charge is 2.16. The first-order valence-electron chi connectivity index (χ1n) is 6.38. The highest BCUT2D eigenvalue weighted by atomic mass is 79.9. The Balaban J connectivity index is 2.22. The molecule has 5 heteroatoms. The van der Waals surface area contributed by atoms with Crippen LogP contribution in [0.1, 0.15) is 24.2 Å². The average Bonchev–Trinajstić information content (AvgIpc) is 2.79. The summed E-state index contributed by atoms with van der Waals surface area (Å²) in [4.78, 5) is 0. The van der Waals surface area contributed by atoms with E-state index in [4.69, 9.17) is 5.73 Å². The molecule has 0 bridgehead atoms. The van der Waals surface area contributed by atoms with Crippen molar-refractivity contribution in [1.82, 2.24) is 9.78 Å². The van der Waals surface area contributed by atoms with Gasteiger partial charge in [-0.1, -0.05) is 22.9 Å². The van der Waals surface area contributed by atoms with Crippen molar-refractivity contribution in [3.8, 4) is 0 Å². The van der Waals surface area contributed by atoms with Crippen molar-refractivity contribution in [2.75, 3.05) is 11.9 Å². The summed E-state index contributed by atoms with van der Waals surface area (Å²) in [6, 6.07) is 8.19. The molecule has 1 unspecified atom stereocenters. The topological polar surface area (TPSA) is 55.9 Å². The monoisotopic (exact) mass is 322 g/mol. The van der Waals surface area contributed by atoms with Gasteiger partial charge in [0.15, 0.2) is 0 Å². The van der Waals surface area contributed by atoms with Crippen molar-refractivity contribution in [3.63, 3.8) is 0 Å². The number of aromatic nitrogens is 2. The van der Waals surface area contributed by atoms with Crippen LogP contribution in [0.2, 0.25) is 0 Å². The van der Waals surface area contributed by atoms with Crippen molar-refractivity contribution in [2.45, 2.75) is 19.4 Å². The molecule has 1 aromatic carbocycles. The second kappa shape index (κ2) is 6.21. The lowest BCUT2D eigenvalue weighted by molar-refractivity contribution is 0.746. The summed E-state index contributed by atoms with van der Waals surface area (Å²) in [5, 5.41) is 7.93. The van der Waals surface area contributed by atoms with Crippen LogP contribution >= 0.6 is 15.9 Å². The van der Waals surface area contributed by atoms with Gasteiger partial charge in [0.05, 0.1) is 11.7 Å². The van der Waals surface area contributed by atoms with Crippen molar-refractivity contribution in [1.29, 1.82) is 0 Å². The molecule has 0 saturated heterocycles. The highest BCUT2D eigenvalue weighted by molar-refractivity contribution is 9.10. The maximum Gasteiger partial charge on any atom is 0.0674 e. The lowest BCUT2D eigenvalue weighted by Gasteiger charge is -2.18. The van der Waals surface area contributed by atoms with Crippen LogP contribution in [-0.4, -0.2) is 16.3 Å². The number of benzene rings is 1. The Morgan fingerprint density at radius 1 is 1.37 bits per heavy atom. The number of hydrogen-bond donors (Lipinski definition) is 2. The molecule has 19 heavy (non-hydrogen) atoms. The summed E-state index contributed by atoms with van der Waals surface area (Å²) >= 11 is 3.43. The first kappa shape index (κ1) is 14.1. The summed E-state index contributed by atoms with van der Waals surface area (Å²) in [6.45, 7) is 2.65. The predicted octanol–water partition coefficient (Wildman–Crippen LogP) is 2.86. The van der Waals surface area contributed by atoms with Crippen molar-refractivity contribution >= 4 is 21.6 Å². The molecule has 0 aliphatic carbocycles. The third-order valence-corrected chi connectivity index (χ3v) is 3.60. The van der Waals surface area contributed by atoms with Crippen LogP contribution in [0.4, 0.5) is 5.69 Å². The van der Waals surface area contributed by atoms with Gasteiger partial charge in [-0.25, -0.2) is 0 Å². The fraction of sp³-hybridized carbons (Fsp3) is 0.357. The lowest BCUT2D eigenvalue weighted by Crippen LogP contribution is -2.21. The summed E-state index contributed by atoms with van der Waals surface area (Å²) in [5.74, 6) is 0. The Morgan fingerprint density at radius 3 is 2.63 bits per heavy atom. The fourth-order valence-corrected chi connectivity index (χ4v) is 2.39. The van der Waals surface area contributed by atoms with E-state index in [1.165, 1.54) is 5.56 Å². The molecule has 0 amide bonds. The van der Waals surface area contributed by atoms with Gasteiger partial charge in [-0.3, -0.25) is 4.68 Å². The van der Waals surface area contributed by atoms with Crippen LogP contribution in [0.5, 0.6) is 0 Å². The van der Waals surface area contributed by atoms with E-state index in [0.717, 1.165) is 22.3 Å². The number of nitrogens with two attached hydrogens (primary N) is 1. The summed E-state index contributed by atoms with van der Waals surface area (Å²) in [7, 11) is 1.94. The van der Waals surface area contributed by atoms with Crippen LogP contribution in [0.3, 0.4) is 0 Å². The van der Waals surface area contributed by atoms with Gasteiger partial charge in [-0.05, 0) is 30.7 Å². The Hall–Kier alpha value is -1.33. The van der Waals surface area contributed by atoms with Crippen LogP contribution in [0, 0.1) is 0 Å². The number of rotatable bonds is 5. The Morgan fingerprint density at radius 2 is 2.05 bits per heavy atom. The van der Waals surface area contributed by atoms with Gasteiger partial charge < -0.3 is 11.1 Å². The van der Waals surface area contributed by atoms with Gasteiger partial charge in [0.1, 0.15) is 0 Å². The Labute approximate surface area is 122 Å². The van der Waals surface area contributed by atoms with E-state index in [-0.39, 0.29) is 6.04 Å². The Kier molecular flexibility index (Phi) is 4.61. The van der Waals surface area contributed by atoms with Gasteiger partial charge >= 0.3 is 0 Å². The van der Waals surface area contributed by atoms with E-state index in [2.05, 4.69) is 33.3 Å². The molecule has 2 rings (SSSR count). The van der Waals surface area contributed by atoms with Crippen LogP contribution in [0.15, 0.2) is 34.9 Å². The first-order chi connectivity index (χ1) is 9.13. The quantitative estimate of drug-likeness (QED) is 0.890. The minimum Gasteiger partial charge on any atom is -0.377 e. The first-order valence-corrected chi connectivity index (χ1v) is 7.18. The molecule has 0 fully saturated rings. The molecular weight excluding hydrogens is 304 g/mol. The number of aryl methyl sites for hydroxylation is 2. The molecule has 1 aromatic heterocycles. The second-order valence-electron chi connectivity index (χ2n) is 4.50. The Bertz CT molecular complexity index is 533. The third-order valence-electron chi connectivity index (χ3n) is 3.07. The molecule has 102 valence electrons. The highest BCUT2D eigenvalue weighted by Crippen LogP contribution is 2.23. The van der Waals surface area contributed by atoms with E-state index >= 15 is 0 Å². The maximum atomic E-state index is 5.91.